The standard InChI is InChI=1S/C19H22N4O2S/c1-10-8-14(12(3)26-10)16-9-15(17-11(2)23-25-19(17)22-16)18(24)21-13-4-6-20-7-5-13/h8-9,13,20H,4-7H2,1-3H3,(H,21,24). The lowest BCUT2D eigenvalue weighted by Crippen LogP contribution is -2.42. The SMILES string of the molecule is Cc1cc(-c2cc(C(=O)NC3CCNCC3)c3c(C)noc3n2)c(C)s1. The maximum Gasteiger partial charge on any atom is 0.259 e. The number of aromatic nitrogens is 2. The molecule has 0 saturated carbocycles. The molecule has 1 fully saturated rings. The molecule has 136 valence electrons. The first kappa shape index (κ1) is 17.2. The minimum atomic E-state index is -0.0820. The summed E-state index contributed by atoms with van der Waals surface area (Å²) in [6, 6.07) is 4.17. The molecule has 0 atom stereocenters. The highest BCUT2D eigenvalue weighted by Crippen LogP contribution is 2.32. The van der Waals surface area contributed by atoms with Crippen LogP contribution in [0.15, 0.2) is 16.7 Å². The fraction of sp³-hybridized carbons (Fsp3) is 0.421. The van der Waals surface area contributed by atoms with Crippen molar-refractivity contribution in [2.75, 3.05) is 13.1 Å². The number of thiophene rings is 1. The van der Waals surface area contributed by atoms with E-state index >= 15 is 0 Å². The predicted octanol–water partition coefficient (Wildman–Crippen LogP) is 3.36. The van der Waals surface area contributed by atoms with E-state index in [-0.39, 0.29) is 11.9 Å². The molecule has 0 aliphatic carbocycles. The van der Waals surface area contributed by atoms with Crippen molar-refractivity contribution in [3.05, 3.63) is 33.1 Å². The van der Waals surface area contributed by atoms with Crippen molar-refractivity contribution in [2.24, 2.45) is 0 Å². The Morgan fingerprint density at radius 3 is 2.73 bits per heavy atom. The number of nitrogens with one attached hydrogen (secondary N) is 2. The molecule has 0 unspecified atom stereocenters. The summed E-state index contributed by atoms with van der Waals surface area (Å²) in [5, 5.41) is 11.2. The highest BCUT2D eigenvalue weighted by Gasteiger charge is 2.23. The van der Waals surface area contributed by atoms with Gasteiger partial charge in [0.05, 0.1) is 22.3 Å². The Bertz CT molecular complexity index is 969. The molecule has 26 heavy (non-hydrogen) atoms. The third-order valence-corrected chi connectivity index (χ3v) is 5.82. The van der Waals surface area contributed by atoms with Gasteiger partial charge in [0.15, 0.2) is 0 Å². The lowest BCUT2D eigenvalue weighted by atomic mass is 10.0. The summed E-state index contributed by atoms with van der Waals surface area (Å²) >= 11 is 1.72. The minimum absolute atomic E-state index is 0.0820. The van der Waals surface area contributed by atoms with E-state index in [1.807, 2.05) is 13.0 Å². The van der Waals surface area contributed by atoms with Gasteiger partial charge in [-0.05, 0) is 58.8 Å². The van der Waals surface area contributed by atoms with Gasteiger partial charge in [0.1, 0.15) is 0 Å². The number of nitrogens with zero attached hydrogens (tertiary/aromatic N) is 2. The second kappa shape index (κ2) is 6.81. The minimum Gasteiger partial charge on any atom is -0.349 e. The number of aryl methyl sites for hydroxylation is 3. The van der Waals surface area contributed by atoms with Crippen LogP contribution in [0, 0.1) is 20.8 Å². The molecule has 3 aromatic rings. The van der Waals surface area contributed by atoms with Crippen molar-refractivity contribution in [1.82, 2.24) is 20.8 Å². The monoisotopic (exact) mass is 370 g/mol. The molecule has 1 amide bonds. The van der Waals surface area contributed by atoms with Gasteiger partial charge in [0.25, 0.3) is 11.6 Å². The molecule has 1 saturated heterocycles. The van der Waals surface area contributed by atoms with Crippen molar-refractivity contribution in [3.8, 4) is 11.3 Å². The van der Waals surface area contributed by atoms with Crippen molar-refractivity contribution < 1.29 is 9.32 Å². The van der Waals surface area contributed by atoms with Crippen LogP contribution in [-0.2, 0) is 0 Å². The Balaban J connectivity index is 1.77. The molecule has 1 aliphatic heterocycles. The van der Waals surface area contributed by atoms with Crippen LogP contribution >= 0.6 is 11.3 Å². The Labute approximate surface area is 156 Å². The van der Waals surface area contributed by atoms with Gasteiger partial charge < -0.3 is 15.2 Å². The van der Waals surface area contributed by atoms with Crippen molar-refractivity contribution >= 4 is 28.3 Å². The van der Waals surface area contributed by atoms with E-state index in [0.717, 1.165) is 37.2 Å². The van der Waals surface area contributed by atoms with E-state index in [1.165, 1.54) is 9.75 Å². The molecule has 0 bridgehead atoms. The molecular weight excluding hydrogens is 348 g/mol. The highest BCUT2D eigenvalue weighted by atomic mass is 32.1. The molecule has 0 spiro atoms. The molecule has 6 nitrogen and oxygen atoms in total. The number of piperidine rings is 1. The van der Waals surface area contributed by atoms with Gasteiger partial charge in [-0.1, -0.05) is 5.16 Å². The zero-order valence-electron chi connectivity index (χ0n) is 15.2. The average Bonchev–Trinajstić information content (AvgIpc) is 3.17. The molecule has 2 N–H and O–H groups in total. The van der Waals surface area contributed by atoms with E-state index in [9.17, 15) is 4.79 Å². The predicted molar refractivity (Wildman–Crippen MR) is 103 cm³/mol. The lowest BCUT2D eigenvalue weighted by Gasteiger charge is -2.23. The van der Waals surface area contributed by atoms with Crippen LogP contribution in [0.2, 0.25) is 0 Å². The number of carbonyl (C=O) groups excluding carboxylic acids is 1. The van der Waals surface area contributed by atoms with Gasteiger partial charge in [-0.25, -0.2) is 4.98 Å². The summed E-state index contributed by atoms with van der Waals surface area (Å²) in [4.78, 5) is 20.0. The molecule has 0 aromatic carbocycles. The third-order valence-electron chi connectivity index (χ3n) is 4.85. The highest BCUT2D eigenvalue weighted by molar-refractivity contribution is 7.12. The van der Waals surface area contributed by atoms with Crippen LogP contribution in [0.4, 0.5) is 0 Å². The number of carbonyl (C=O) groups is 1. The number of pyridine rings is 1. The Morgan fingerprint density at radius 1 is 1.27 bits per heavy atom. The normalized spacial score (nSPS) is 15.5. The largest absolute Gasteiger partial charge is 0.349 e. The second-order valence-electron chi connectivity index (χ2n) is 6.83. The molecule has 3 aromatic heterocycles. The number of fused-ring (bicyclic) bond motifs is 1. The molecule has 4 rings (SSSR count). The smallest absolute Gasteiger partial charge is 0.259 e. The average molecular weight is 370 g/mol. The van der Waals surface area contributed by atoms with E-state index in [0.29, 0.717) is 22.4 Å². The summed E-state index contributed by atoms with van der Waals surface area (Å²) in [6.07, 6.45) is 1.89. The number of hydrogen-bond donors (Lipinski definition) is 2. The first-order valence-corrected chi connectivity index (χ1v) is 9.70. The molecular formula is C19H22N4O2S. The van der Waals surface area contributed by atoms with Gasteiger partial charge in [-0.3, -0.25) is 4.79 Å². The van der Waals surface area contributed by atoms with Gasteiger partial charge >= 0.3 is 0 Å². The van der Waals surface area contributed by atoms with Crippen molar-refractivity contribution in [1.29, 1.82) is 0 Å². The molecule has 7 heteroatoms. The van der Waals surface area contributed by atoms with Crippen LogP contribution in [-0.4, -0.2) is 35.2 Å². The summed E-state index contributed by atoms with van der Waals surface area (Å²) in [7, 11) is 0. The quantitative estimate of drug-likeness (QED) is 0.739. The van der Waals surface area contributed by atoms with Gasteiger partial charge in [0.2, 0.25) is 0 Å². The summed E-state index contributed by atoms with van der Waals surface area (Å²) in [5.41, 5.74) is 3.49. The Morgan fingerprint density at radius 2 is 2.04 bits per heavy atom. The van der Waals surface area contributed by atoms with E-state index in [4.69, 9.17) is 4.52 Å². The third kappa shape index (κ3) is 3.12. The zero-order valence-corrected chi connectivity index (χ0v) is 16.0. The van der Waals surface area contributed by atoms with Crippen LogP contribution in [0.1, 0.15) is 38.6 Å². The maximum absolute atomic E-state index is 13.0. The van der Waals surface area contributed by atoms with Crippen molar-refractivity contribution in [3.63, 3.8) is 0 Å². The Hall–Kier alpha value is -2.25. The van der Waals surface area contributed by atoms with Crippen LogP contribution in [0.25, 0.3) is 22.4 Å². The van der Waals surface area contributed by atoms with Crippen molar-refractivity contribution in [2.45, 2.75) is 39.7 Å². The fourth-order valence-corrected chi connectivity index (χ4v) is 4.46. The molecule has 1 aliphatic rings. The fourth-order valence-electron chi connectivity index (χ4n) is 3.53. The van der Waals surface area contributed by atoms with Crippen LogP contribution < -0.4 is 10.6 Å². The number of amides is 1. The van der Waals surface area contributed by atoms with Crippen LogP contribution in [0.3, 0.4) is 0 Å². The summed E-state index contributed by atoms with van der Waals surface area (Å²) < 4.78 is 5.39. The van der Waals surface area contributed by atoms with E-state index in [1.54, 1.807) is 11.3 Å². The molecule has 4 heterocycles. The van der Waals surface area contributed by atoms with Gasteiger partial charge in [0, 0.05) is 21.4 Å². The number of hydrogen-bond acceptors (Lipinski definition) is 6. The van der Waals surface area contributed by atoms with Crippen LogP contribution in [0.5, 0.6) is 0 Å². The first-order valence-electron chi connectivity index (χ1n) is 8.89. The Kier molecular flexibility index (Phi) is 4.50. The maximum atomic E-state index is 13.0. The topological polar surface area (TPSA) is 80.0 Å². The van der Waals surface area contributed by atoms with Gasteiger partial charge in [-0.15, -0.1) is 11.3 Å². The summed E-state index contributed by atoms with van der Waals surface area (Å²) in [5.74, 6) is -0.0820. The summed E-state index contributed by atoms with van der Waals surface area (Å²) in [6.45, 7) is 7.85. The van der Waals surface area contributed by atoms with E-state index < -0.39 is 0 Å². The van der Waals surface area contributed by atoms with E-state index in [2.05, 4.69) is 40.7 Å². The second-order valence-corrected chi connectivity index (χ2v) is 8.29. The lowest BCUT2D eigenvalue weighted by molar-refractivity contribution is 0.0931. The van der Waals surface area contributed by atoms with Gasteiger partial charge in [-0.2, -0.15) is 0 Å². The first-order chi connectivity index (χ1) is 12.5. The molecule has 0 radical (unpaired) electrons. The zero-order chi connectivity index (χ0) is 18.3. The number of rotatable bonds is 3.